The summed E-state index contributed by atoms with van der Waals surface area (Å²) < 4.78 is 7.32. The first kappa shape index (κ1) is 24.4. The van der Waals surface area contributed by atoms with Gasteiger partial charge in [0, 0.05) is 29.9 Å². The lowest BCUT2D eigenvalue weighted by Gasteiger charge is -2.22. The van der Waals surface area contributed by atoms with E-state index >= 15 is 0 Å². The molecule has 1 aliphatic heterocycles. The summed E-state index contributed by atoms with van der Waals surface area (Å²) in [6.07, 6.45) is 2.56. The predicted octanol–water partition coefficient (Wildman–Crippen LogP) is 4.12. The number of amides is 1. The summed E-state index contributed by atoms with van der Waals surface area (Å²) in [5.74, 6) is -0.553. The van der Waals surface area contributed by atoms with Gasteiger partial charge in [0.2, 0.25) is 11.1 Å². The Balaban J connectivity index is 1.36. The minimum Gasteiger partial charge on any atom is -0.462 e. The number of esters is 1. The van der Waals surface area contributed by atoms with Gasteiger partial charge in [-0.3, -0.25) is 4.79 Å². The first-order valence-corrected chi connectivity index (χ1v) is 13.5. The number of thiophene rings is 1. The van der Waals surface area contributed by atoms with Crippen LogP contribution in [0.25, 0.3) is 22.1 Å². The topological polar surface area (TPSA) is 102 Å². The number of allylic oxidation sites excluding steroid dienone is 1. The number of carbonyl (C=O) groups excluding carboxylic acids is 2. The van der Waals surface area contributed by atoms with Crippen LogP contribution in [0.1, 0.15) is 27.7 Å². The minimum atomic E-state index is -0.393. The number of ether oxygens (including phenoxy) is 1. The number of likely N-dealkylation sites (N-methyl/N-ethyl adjacent to an activating group) is 1. The molecule has 0 spiro atoms. The Morgan fingerprint density at radius 1 is 1.31 bits per heavy atom. The molecule has 0 aliphatic carbocycles. The molecule has 1 amide bonds. The van der Waals surface area contributed by atoms with Crippen molar-refractivity contribution in [1.29, 1.82) is 0 Å². The van der Waals surface area contributed by atoms with Gasteiger partial charge < -0.3 is 19.5 Å². The third-order valence-electron chi connectivity index (χ3n) is 5.98. The van der Waals surface area contributed by atoms with E-state index in [4.69, 9.17) is 4.74 Å². The molecule has 9 nitrogen and oxygen atoms in total. The minimum absolute atomic E-state index is 0.0829. The molecule has 1 aliphatic rings. The van der Waals surface area contributed by atoms with Crippen molar-refractivity contribution in [1.82, 2.24) is 24.6 Å². The fourth-order valence-electron chi connectivity index (χ4n) is 4.40. The summed E-state index contributed by atoms with van der Waals surface area (Å²) in [4.78, 5) is 33.6. The van der Waals surface area contributed by atoms with E-state index in [0.717, 1.165) is 46.4 Å². The van der Waals surface area contributed by atoms with Crippen LogP contribution in [-0.2, 0) is 29.0 Å². The van der Waals surface area contributed by atoms with Crippen LogP contribution in [-0.4, -0.2) is 62.5 Å². The van der Waals surface area contributed by atoms with Crippen molar-refractivity contribution in [2.75, 3.05) is 31.3 Å². The van der Waals surface area contributed by atoms with Crippen LogP contribution in [0.15, 0.2) is 42.1 Å². The van der Waals surface area contributed by atoms with E-state index in [-0.39, 0.29) is 18.3 Å². The molecule has 5 rings (SSSR count). The predicted molar refractivity (Wildman–Crippen MR) is 143 cm³/mol. The van der Waals surface area contributed by atoms with Gasteiger partial charge in [0.25, 0.3) is 0 Å². The number of nitrogens with one attached hydrogen (secondary N) is 1. The average molecular weight is 523 g/mol. The van der Waals surface area contributed by atoms with Crippen molar-refractivity contribution >= 4 is 62.0 Å². The molecule has 1 N–H and O–H groups in total. The Hall–Kier alpha value is -3.28. The lowest BCUT2D eigenvalue weighted by molar-refractivity contribution is -0.113. The molecule has 0 saturated carbocycles. The van der Waals surface area contributed by atoms with Gasteiger partial charge in [0.15, 0.2) is 5.65 Å². The van der Waals surface area contributed by atoms with E-state index in [1.165, 1.54) is 23.1 Å². The molecule has 36 heavy (non-hydrogen) atoms. The number of aromatic nitrogens is 4. The highest BCUT2D eigenvalue weighted by Crippen LogP contribution is 2.37. The van der Waals surface area contributed by atoms with Crippen LogP contribution in [0.4, 0.5) is 5.00 Å². The molecule has 11 heteroatoms. The zero-order chi connectivity index (χ0) is 25.2. The average Bonchev–Trinajstić information content (AvgIpc) is 3.38. The van der Waals surface area contributed by atoms with Gasteiger partial charge >= 0.3 is 5.97 Å². The fraction of sp³-hybridized carbons (Fsp3) is 0.320. The lowest BCUT2D eigenvalue weighted by atomic mass is 10.0. The molecule has 4 aromatic rings. The summed E-state index contributed by atoms with van der Waals surface area (Å²) >= 11 is 2.64. The van der Waals surface area contributed by atoms with Crippen molar-refractivity contribution in [3.63, 3.8) is 0 Å². The molecule has 0 atom stereocenters. The second-order valence-electron chi connectivity index (χ2n) is 8.44. The fourth-order valence-corrected chi connectivity index (χ4v) is 6.31. The zero-order valence-electron chi connectivity index (χ0n) is 20.1. The van der Waals surface area contributed by atoms with Crippen LogP contribution in [0.2, 0.25) is 0 Å². The number of hydrogen-bond donors (Lipinski definition) is 1. The monoisotopic (exact) mass is 522 g/mol. The van der Waals surface area contributed by atoms with Crippen molar-refractivity contribution in [2.45, 2.75) is 31.6 Å². The molecule has 3 aromatic heterocycles. The summed E-state index contributed by atoms with van der Waals surface area (Å²) in [7, 11) is 2.04. The van der Waals surface area contributed by atoms with E-state index in [1.807, 2.05) is 42.0 Å². The third-order valence-corrected chi connectivity index (χ3v) is 7.95. The Morgan fingerprint density at radius 3 is 2.94 bits per heavy atom. The second-order valence-corrected chi connectivity index (χ2v) is 10.5. The molecular weight excluding hydrogens is 496 g/mol. The molecule has 0 radical (unpaired) electrons. The summed E-state index contributed by atoms with van der Waals surface area (Å²) in [6.45, 7) is 8.10. The summed E-state index contributed by atoms with van der Waals surface area (Å²) in [5.41, 5.74) is 3.89. The number of nitrogens with zero attached hydrogens (tertiary/aromatic N) is 5. The largest absolute Gasteiger partial charge is 0.462 e. The van der Waals surface area contributed by atoms with Crippen LogP contribution in [0.3, 0.4) is 0 Å². The Labute approximate surface area is 216 Å². The van der Waals surface area contributed by atoms with Gasteiger partial charge in [-0.2, -0.15) is 0 Å². The van der Waals surface area contributed by atoms with Crippen LogP contribution >= 0.6 is 23.1 Å². The Kier molecular flexibility index (Phi) is 7.04. The van der Waals surface area contributed by atoms with Gasteiger partial charge in [0.1, 0.15) is 10.5 Å². The normalized spacial score (nSPS) is 13.6. The molecule has 0 unspecified atom stereocenters. The third kappa shape index (κ3) is 4.61. The highest BCUT2D eigenvalue weighted by molar-refractivity contribution is 7.99. The number of benzene rings is 1. The first-order chi connectivity index (χ1) is 17.5. The number of carbonyl (C=O) groups is 2. The molecule has 1 aromatic carbocycles. The standard InChI is InChI=1S/C25H26N6O3S2/c1-4-11-31-17-9-7-6-8-15(17)21-22(31)27-25(29-28-21)35-14-19(32)26-23-20(24(33)34-5-2)16-10-12-30(3)13-18(16)36-23/h4,6-9H,1,5,10-14H2,2-3H3,(H,26,32). The molecule has 186 valence electrons. The van der Waals surface area contributed by atoms with Gasteiger partial charge in [-0.05, 0) is 32.0 Å². The molecule has 0 saturated heterocycles. The van der Waals surface area contributed by atoms with E-state index < -0.39 is 5.97 Å². The first-order valence-electron chi connectivity index (χ1n) is 11.7. The maximum atomic E-state index is 12.9. The molecule has 0 fully saturated rings. The zero-order valence-corrected chi connectivity index (χ0v) is 21.7. The quantitative estimate of drug-likeness (QED) is 0.209. The van der Waals surface area contributed by atoms with E-state index in [1.54, 1.807) is 6.92 Å². The number of para-hydroxylation sites is 1. The van der Waals surface area contributed by atoms with E-state index in [9.17, 15) is 9.59 Å². The van der Waals surface area contributed by atoms with Gasteiger partial charge in [-0.25, -0.2) is 9.78 Å². The smallest absolute Gasteiger partial charge is 0.341 e. The summed E-state index contributed by atoms with van der Waals surface area (Å²) in [6, 6.07) is 7.94. The number of rotatable bonds is 8. The van der Waals surface area contributed by atoms with E-state index in [0.29, 0.717) is 27.9 Å². The summed E-state index contributed by atoms with van der Waals surface area (Å²) in [5, 5.41) is 13.5. The van der Waals surface area contributed by atoms with E-state index in [2.05, 4.69) is 32.0 Å². The maximum Gasteiger partial charge on any atom is 0.341 e. The number of fused-ring (bicyclic) bond motifs is 4. The van der Waals surface area contributed by atoms with Crippen molar-refractivity contribution in [2.24, 2.45) is 0 Å². The Morgan fingerprint density at radius 2 is 2.14 bits per heavy atom. The highest BCUT2D eigenvalue weighted by atomic mass is 32.2. The maximum absolute atomic E-state index is 12.9. The van der Waals surface area contributed by atoms with Crippen molar-refractivity contribution in [3.8, 4) is 0 Å². The SMILES string of the molecule is C=CCn1c2ccccc2c2nnc(SCC(=O)Nc3sc4c(c3C(=O)OCC)CCN(C)C4)nc21. The van der Waals surface area contributed by atoms with Crippen LogP contribution < -0.4 is 5.32 Å². The van der Waals surface area contributed by atoms with Gasteiger partial charge in [-0.15, -0.1) is 28.1 Å². The Bertz CT molecular complexity index is 1480. The van der Waals surface area contributed by atoms with Crippen LogP contribution in [0, 0.1) is 0 Å². The lowest BCUT2D eigenvalue weighted by Crippen LogP contribution is -2.26. The number of thioether (sulfide) groups is 1. The molecule has 4 heterocycles. The second kappa shape index (κ2) is 10.4. The van der Waals surface area contributed by atoms with Crippen LogP contribution in [0.5, 0.6) is 0 Å². The van der Waals surface area contributed by atoms with Crippen molar-refractivity contribution in [3.05, 3.63) is 52.9 Å². The van der Waals surface area contributed by atoms with Gasteiger partial charge in [-0.1, -0.05) is 36.0 Å². The molecular formula is C25H26N6O3S2. The van der Waals surface area contributed by atoms with Gasteiger partial charge in [0.05, 0.1) is 23.4 Å². The highest BCUT2D eigenvalue weighted by Gasteiger charge is 2.28. The number of hydrogen-bond acceptors (Lipinski definition) is 9. The van der Waals surface area contributed by atoms with Crippen molar-refractivity contribution < 1.29 is 14.3 Å². The molecule has 0 bridgehead atoms. The number of anilines is 1.